The van der Waals surface area contributed by atoms with Crippen molar-refractivity contribution in [3.05, 3.63) is 35.4 Å². The lowest BCUT2D eigenvalue weighted by atomic mass is 9.95. The molecular weight excluding hydrogens is 274 g/mol. The number of rotatable bonds is 6. The minimum absolute atomic E-state index is 0.160. The Hall–Kier alpha value is -1.39. The van der Waals surface area contributed by atoms with E-state index in [1.54, 1.807) is 0 Å². The van der Waals surface area contributed by atoms with Crippen LogP contribution in [0.2, 0.25) is 0 Å². The number of carbonyl (C=O) groups is 1. The summed E-state index contributed by atoms with van der Waals surface area (Å²) in [6.45, 7) is 10.2. The van der Waals surface area contributed by atoms with Crippen LogP contribution in [0, 0.1) is 0 Å². The summed E-state index contributed by atoms with van der Waals surface area (Å²) in [5.41, 5.74) is 8.88. The maximum Gasteiger partial charge on any atom is 0.223 e. The molecule has 2 rings (SSSR count). The van der Waals surface area contributed by atoms with Crippen LogP contribution in [0.3, 0.4) is 0 Å². The summed E-state index contributed by atoms with van der Waals surface area (Å²) >= 11 is 0. The lowest BCUT2D eigenvalue weighted by Crippen LogP contribution is -2.43. The van der Waals surface area contributed by atoms with Gasteiger partial charge in [-0.2, -0.15) is 0 Å². The molecule has 0 bridgehead atoms. The van der Waals surface area contributed by atoms with Gasteiger partial charge < -0.3 is 10.6 Å². The second-order valence-corrected chi connectivity index (χ2v) is 6.03. The zero-order chi connectivity index (χ0) is 16.1. The van der Waals surface area contributed by atoms with Crippen molar-refractivity contribution in [2.24, 2.45) is 5.73 Å². The molecule has 2 unspecified atom stereocenters. The molecule has 1 aliphatic heterocycles. The maximum atomic E-state index is 11.9. The van der Waals surface area contributed by atoms with E-state index in [9.17, 15) is 4.79 Å². The Labute approximate surface area is 134 Å². The van der Waals surface area contributed by atoms with Crippen molar-refractivity contribution in [2.75, 3.05) is 19.6 Å². The van der Waals surface area contributed by atoms with E-state index in [0.717, 1.165) is 32.6 Å². The number of likely N-dealkylation sites (tertiary alicyclic amines) is 1. The van der Waals surface area contributed by atoms with Crippen LogP contribution in [-0.2, 0) is 11.3 Å². The van der Waals surface area contributed by atoms with Gasteiger partial charge in [0.1, 0.15) is 0 Å². The van der Waals surface area contributed by atoms with Gasteiger partial charge >= 0.3 is 0 Å². The minimum atomic E-state index is -0.180. The van der Waals surface area contributed by atoms with E-state index in [1.165, 1.54) is 11.1 Å². The van der Waals surface area contributed by atoms with E-state index in [0.29, 0.717) is 6.42 Å². The first-order valence-corrected chi connectivity index (χ1v) is 8.46. The molecule has 122 valence electrons. The summed E-state index contributed by atoms with van der Waals surface area (Å²) in [4.78, 5) is 16.1. The summed E-state index contributed by atoms with van der Waals surface area (Å²) in [6, 6.07) is 8.77. The van der Waals surface area contributed by atoms with Crippen LogP contribution in [-0.4, -0.2) is 41.5 Å². The van der Waals surface area contributed by atoms with Crippen LogP contribution in [0.15, 0.2) is 24.3 Å². The number of hydrogen-bond acceptors (Lipinski definition) is 3. The molecular formula is C18H29N3O. The molecule has 1 aromatic rings. The highest BCUT2D eigenvalue weighted by molar-refractivity contribution is 5.76. The van der Waals surface area contributed by atoms with Crippen LogP contribution >= 0.6 is 0 Å². The van der Waals surface area contributed by atoms with E-state index in [2.05, 4.69) is 43.0 Å². The van der Waals surface area contributed by atoms with Crippen molar-refractivity contribution in [2.45, 2.75) is 52.2 Å². The standard InChI is InChI=1S/C18H29N3O/c1-4-17(22)21-12-11-16(18(21)19)15-9-7-14(8-10-15)13-20(5-2)6-3/h7-10,16,18H,4-6,11-13,19H2,1-3H3. The summed E-state index contributed by atoms with van der Waals surface area (Å²) in [7, 11) is 0. The second-order valence-electron chi connectivity index (χ2n) is 6.03. The molecule has 0 saturated carbocycles. The fourth-order valence-electron chi connectivity index (χ4n) is 3.25. The summed E-state index contributed by atoms with van der Waals surface area (Å²) in [6.07, 6.45) is 1.31. The Bertz CT molecular complexity index is 482. The smallest absolute Gasteiger partial charge is 0.223 e. The molecule has 1 heterocycles. The van der Waals surface area contributed by atoms with Crippen molar-refractivity contribution in [3.8, 4) is 0 Å². The highest BCUT2D eigenvalue weighted by Crippen LogP contribution is 2.31. The molecule has 0 aromatic heterocycles. The van der Waals surface area contributed by atoms with Crippen molar-refractivity contribution in [1.29, 1.82) is 0 Å². The van der Waals surface area contributed by atoms with E-state index >= 15 is 0 Å². The average Bonchev–Trinajstić information content (AvgIpc) is 2.94. The molecule has 2 atom stereocenters. The fraction of sp³-hybridized carbons (Fsp3) is 0.611. The fourth-order valence-corrected chi connectivity index (χ4v) is 3.25. The first-order chi connectivity index (χ1) is 10.6. The molecule has 1 aromatic carbocycles. The number of benzene rings is 1. The molecule has 1 fully saturated rings. The van der Waals surface area contributed by atoms with E-state index in [-0.39, 0.29) is 18.0 Å². The summed E-state index contributed by atoms with van der Waals surface area (Å²) in [5, 5.41) is 0. The summed E-state index contributed by atoms with van der Waals surface area (Å²) in [5.74, 6) is 0.422. The zero-order valence-corrected chi connectivity index (χ0v) is 14.1. The first-order valence-electron chi connectivity index (χ1n) is 8.46. The molecule has 4 nitrogen and oxygen atoms in total. The maximum absolute atomic E-state index is 11.9. The Balaban J connectivity index is 2.03. The molecule has 4 heteroatoms. The van der Waals surface area contributed by atoms with Crippen molar-refractivity contribution >= 4 is 5.91 Å². The topological polar surface area (TPSA) is 49.6 Å². The van der Waals surface area contributed by atoms with Crippen LogP contribution in [0.5, 0.6) is 0 Å². The van der Waals surface area contributed by atoms with Crippen LogP contribution in [0.1, 0.15) is 50.7 Å². The average molecular weight is 303 g/mol. The van der Waals surface area contributed by atoms with Gasteiger partial charge in [0.2, 0.25) is 5.91 Å². The van der Waals surface area contributed by atoms with Crippen molar-refractivity contribution in [3.63, 3.8) is 0 Å². The van der Waals surface area contributed by atoms with Crippen molar-refractivity contribution < 1.29 is 4.79 Å². The highest BCUT2D eigenvalue weighted by atomic mass is 16.2. The summed E-state index contributed by atoms with van der Waals surface area (Å²) < 4.78 is 0. The van der Waals surface area contributed by atoms with Crippen LogP contribution in [0.25, 0.3) is 0 Å². The minimum Gasteiger partial charge on any atom is -0.327 e. The number of carbonyl (C=O) groups excluding carboxylic acids is 1. The van der Waals surface area contributed by atoms with Crippen LogP contribution < -0.4 is 5.73 Å². The number of hydrogen-bond donors (Lipinski definition) is 1. The molecule has 1 saturated heterocycles. The monoisotopic (exact) mass is 303 g/mol. The second kappa shape index (κ2) is 7.75. The lowest BCUT2D eigenvalue weighted by molar-refractivity contribution is -0.131. The van der Waals surface area contributed by atoms with E-state index in [1.807, 2.05) is 11.8 Å². The molecule has 1 aliphatic rings. The Morgan fingerprint density at radius 1 is 1.23 bits per heavy atom. The van der Waals surface area contributed by atoms with Gasteiger partial charge in [0.25, 0.3) is 0 Å². The van der Waals surface area contributed by atoms with Crippen molar-refractivity contribution in [1.82, 2.24) is 9.80 Å². The van der Waals surface area contributed by atoms with Gasteiger partial charge in [-0.05, 0) is 30.6 Å². The first kappa shape index (κ1) is 17.0. The third kappa shape index (κ3) is 3.68. The number of nitrogens with zero attached hydrogens (tertiary/aromatic N) is 2. The predicted octanol–water partition coefficient (Wildman–Crippen LogP) is 2.54. The Morgan fingerprint density at radius 3 is 2.41 bits per heavy atom. The van der Waals surface area contributed by atoms with Gasteiger partial charge in [-0.25, -0.2) is 0 Å². The Kier molecular flexibility index (Phi) is 5.98. The zero-order valence-electron chi connectivity index (χ0n) is 14.1. The van der Waals surface area contributed by atoms with Gasteiger partial charge in [0, 0.05) is 25.4 Å². The van der Waals surface area contributed by atoms with E-state index < -0.39 is 0 Å². The van der Waals surface area contributed by atoms with Gasteiger partial charge in [-0.1, -0.05) is 45.0 Å². The highest BCUT2D eigenvalue weighted by Gasteiger charge is 2.34. The molecule has 22 heavy (non-hydrogen) atoms. The number of amides is 1. The predicted molar refractivity (Wildman–Crippen MR) is 90.4 cm³/mol. The van der Waals surface area contributed by atoms with Gasteiger partial charge in [0.05, 0.1) is 6.17 Å². The third-order valence-corrected chi connectivity index (χ3v) is 4.78. The molecule has 1 amide bonds. The van der Waals surface area contributed by atoms with Gasteiger partial charge in [-0.3, -0.25) is 9.69 Å². The van der Waals surface area contributed by atoms with E-state index in [4.69, 9.17) is 5.73 Å². The molecule has 0 aliphatic carbocycles. The molecule has 2 N–H and O–H groups in total. The quantitative estimate of drug-likeness (QED) is 0.878. The molecule has 0 radical (unpaired) electrons. The normalized spacial score (nSPS) is 21.6. The number of nitrogens with two attached hydrogens (primary N) is 1. The lowest BCUT2D eigenvalue weighted by Gasteiger charge is -2.24. The van der Waals surface area contributed by atoms with Crippen LogP contribution in [0.4, 0.5) is 0 Å². The third-order valence-electron chi connectivity index (χ3n) is 4.78. The Morgan fingerprint density at radius 2 is 1.86 bits per heavy atom. The SMILES string of the molecule is CCC(=O)N1CCC(c2ccc(CN(CC)CC)cc2)C1N. The molecule has 0 spiro atoms. The van der Waals surface area contributed by atoms with Gasteiger partial charge in [0.15, 0.2) is 0 Å². The van der Waals surface area contributed by atoms with Gasteiger partial charge in [-0.15, -0.1) is 0 Å². The largest absolute Gasteiger partial charge is 0.327 e.